The lowest BCUT2D eigenvalue weighted by molar-refractivity contribution is -0.135. The average molecular weight is 341 g/mol. The van der Waals surface area contributed by atoms with Gasteiger partial charge in [-0.2, -0.15) is 0 Å². The van der Waals surface area contributed by atoms with Crippen LogP contribution in [0.4, 0.5) is 0 Å². The molecule has 0 aromatic carbocycles. The summed E-state index contributed by atoms with van der Waals surface area (Å²) in [6.07, 6.45) is 11.7. The number of nitrogens with zero attached hydrogens (tertiary/aromatic N) is 2. The average Bonchev–Trinajstić information content (AvgIpc) is 3.04. The van der Waals surface area contributed by atoms with E-state index in [-0.39, 0.29) is 12.0 Å². The van der Waals surface area contributed by atoms with Crippen molar-refractivity contribution in [2.24, 2.45) is 11.1 Å². The number of oxime groups is 1. The van der Waals surface area contributed by atoms with Gasteiger partial charge in [-0.25, -0.2) is 0 Å². The second kappa shape index (κ2) is 7.87. The number of hydrogen-bond donors (Lipinski definition) is 0. The Morgan fingerprint density at radius 1 is 1.17 bits per heavy atom. The standard InChI is InChI=1S/C18H29ClN2O2/c1-21(15-5-3-2-4-6-15)18(22)12-16-11-17(20-23-16)13-7-9-14(19)10-8-13/h13-16H,2-12H2,1H3/t13?,14?,16-/m1/s1. The zero-order valence-electron chi connectivity index (χ0n) is 14.2. The van der Waals surface area contributed by atoms with Crippen molar-refractivity contribution in [3.05, 3.63) is 0 Å². The lowest BCUT2D eigenvalue weighted by Gasteiger charge is -2.31. The fraction of sp³-hybridized carbons (Fsp3) is 0.889. The molecule has 23 heavy (non-hydrogen) atoms. The van der Waals surface area contributed by atoms with Gasteiger partial charge in [-0.1, -0.05) is 24.4 Å². The number of carbonyl (C=O) groups excluding carboxylic acids is 1. The second-order valence-electron chi connectivity index (χ2n) is 7.46. The van der Waals surface area contributed by atoms with Gasteiger partial charge in [0, 0.05) is 30.8 Å². The van der Waals surface area contributed by atoms with Gasteiger partial charge in [0.15, 0.2) is 0 Å². The van der Waals surface area contributed by atoms with Crippen LogP contribution in [0, 0.1) is 5.92 Å². The lowest BCUT2D eigenvalue weighted by Crippen LogP contribution is -2.39. The number of carbonyl (C=O) groups is 1. The van der Waals surface area contributed by atoms with Crippen LogP contribution >= 0.6 is 11.6 Å². The van der Waals surface area contributed by atoms with Crippen molar-refractivity contribution in [1.82, 2.24) is 4.90 Å². The number of amides is 1. The summed E-state index contributed by atoms with van der Waals surface area (Å²) in [4.78, 5) is 20.0. The van der Waals surface area contributed by atoms with Crippen LogP contribution in [-0.2, 0) is 9.63 Å². The predicted molar refractivity (Wildman–Crippen MR) is 92.8 cm³/mol. The molecule has 2 aliphatic carbocycles. The molecule has 2 fully saturated rings. The molecule has 0 spiro atoms. The first-order valence-corrected chi connectivity index (χ1v) is 9.69. The van der Waals surface area contributed by atoms with Crippen molar-refractivity contribution in [2.75, 3.05) is 7.05 Å². The van der Waals surface area contributed by atoms with Gasteiger partial charge in [0.25, 0.3) is 0 Å². The molecule has 1 amide bonds. The van der Waals surface area contributed by atoms with Gasteiger partial charge in [-0.3, -0.25) is 4.79 Å². The van der Waals surface area contributed by atoms with Gasteiger partial charge in [-0.15, -0.1) is 11.6 Å². The maximum Gasteiger partial charge on any atom is 0.226 e. The summed E-state index contributed by atoms with van der Waals surface area (Å²) in [6, 6.07) is 0.428. The van der Waals surface area contributed by atoms with E-state index in [1.165, 1.54) is 19.3 Å². The highest BCUT2D eigenvalue weighted by Crippen LogP contribution is 2.32. The monoisotopic (exact) mass is 340 g/mol. The number of rotatable bonds is 4. The Bertz CT molecular complexity index is 440. The molecule has 2 saturated carbocycles. The van der Waals surface area contributed by atoms with E-state index in [0.717, 1.165) is 50.7 Å². The van der Waals surface area contributed by atoms with E-state index < -0.39 is 0 Å². The zero-order chi connectivity index (χ0) is 16.2. The quantitative estimate of drug-likeness (QED) is 0.723. The topological polar surface area (TPSA) is 41.9 Å². The third-order valence-corrected chi connectivity index (χ3v) is 6.24. The Balaban J connectivity index is 1.44. The van der Waals surface area contributed by atoms with E-state index in [4.69, 9.17) is 16.4 Å². The number of halogens is 1. The molecule has 0 N–H and O–H groups in total. The first-order chi connectivity index (χ1) is 11.1. The molecule has 1 atom stereocenters. The van der Waals surface area contributed by atoms with E-state index in [2.05, 4.69) is 5.16 Å². The third kappa shape index (κ3) is 4.40. The van der Waals surface area contributed by atoms with Crippen molar-refractivity contribution >= 4 is 23.2 Å². The SMILES string of the molecule is CN(C(=O)C[C@H]1CC(C2CCC(Cl)CC2)=NO1)C1CCCCC1. The van der Waals surface area contributed by atoms with Gasteiger partial charge >= 0.3 is 0 Å². The molecule has 0 bridgehead atoms. The minimum Gasteiger partial charge on any atom is -0.392 e. The molecule has 130 valence electrons. The molecule has 5 heteroatoms. The Hall–Kier alpha value is -0.770. The maximum absolute atomic E-state index is 12.5. The Kier molecular flexibility index (Phi) is 5.84. The van der Waals surface area contributed by atoms with E-state index in [9.17, 15) is 4.79 Å². The van der Waals surface area contributed by atoms with Crippen LogP contribution in [0.15, 0.2) is 5.16 Å². The highest BCUT2D eigenvalue weighted by molar-refractivity contribution is 6.20. The first-order valence-electron chi connectivity index (χ1n) is 9.26. The lowest BCUT2D eigenvalue weighted by atomic mass is 9.84. The molecule has 0 aromatic rings. The minimum atomic E-state index is -0.0581. The molecular formula is C18H29ClN2O2. The van der Waals surface area contributed by atoms with Crippen LogP contribution in [0.3, 0.4) is 0 Å². The van der Waals surface area contributed by atoms with Crippen LogP contribution in [0.2, 0.25) is 0 Å². The van der Waals surface area contributed by atoms with Crippen LogP contribution in [0.1, 0.15) is 70.6 Å². The van der Waals surface area contributed by atoms with Gasteiger partial charge in [0.05, 0.1) is 12.1 Å². The number of hydrogen-bond acceptors (Lipinski definition) is 3. The smallest absolute Gasteiger partial charge is 0.226 e. The first kappa shape index (κ1) is 17.1. The van der Waals surface area contributed by atoms with Crippen LogP contribution < -0.4 is 0 Å². The highest BCUT2D eigenvalue weighted by atomic mass is 35.5. The molecule has 4 nitrogen and oxygen atoms in total. The Morgan fingerprint density at radius 3 is 2.57 bits per heavy atom. The molecule has 3 rings (SSSR count). The molecule has 1 heterocycles. The van der Waals surface area contributed by atoms with Crippen molar-refractivity contribution in [3.8, 4) is 0 Å². The van der Waals surface area contributed by atoms with Gasteiger partial charge in [-0.05, 0) is 38.5 Å². The van der Waals surface area contributed by atoms with Crippen molar-refractivity contribution in [3.63, 3.8) is 0 Å². The normalized spacial score (nSPS) is 32.3. The summed E-state index contributed by atoms with van der Waals surface area (Å²) in [5.41, 5.74) is 1.16. The maximum atomic E-state index is 12.5. The van der Waals surface area contributed by atoms with E-state index in [1.807, 2.05) is 11.9 Å². The van der Waals surface area contributed by atoms with E-state index >= 15 is 0 Å². The molecule has 0 unspecified atom stereocenters. The minimum absolute atomic E-state index is 0.0581. The van der Waals surface area contributed by atoms with E-state index in [1.54, 1.807) is 0 Å². The van der Waals surface area contributed by atoms with Crippen molar-refractivity contribution in [2.45, 2.75) is 88.2 Å². The Morgan fingerprint density at radius 2 is 1.87 bits per heavy atom. The predicted octanol–water partition coefficient (Wildman–Crippen LogP) is 4.11. The molecule has 0 aromatic heterocycles. The summed E-state index contributed by atoms with van der Waals surface area (Å²) in [6.45, 7) is 0. The second-order valence-corrected chi connectivity index (χ2v) is 8.08. The third-order valence-electron chi connectivity index (χ3n) is 5.80. The summed E-state index contributed by atoms with van der Waals surface area (Å²) in [5.74, 6) is 0.726. The summed E-state index contributed by atoms with van der Waals surface area (Å²) >= 11 is 6.17. The zero-order valence-corrected chi connectivity index (χ0v) is 14.9. The van der Waals surface area contributed by atoms with E-state index in [0.29, 0.717) is 23.8 Å². The van der Waals surface area contributed by atoms with Crippen molar-refractivity contribution < 1.29 is 9.63 Å². The molecule has 0 radical (unpaired) electrons. The van der Waals surface area contributed by atoms with Crippen LogP contribution in [-0.4, -0.2) is 41.1 Å². The van der Waals surface area contributed by atoms with Crippen LogP contribution in [0.25, 0.3) is 0 Å². The highest BCUT2D eigenvalue weighted by Gasteiger charge is 2.32. The van der Waals surface area contributed by atoms with Crippen LogP contribution in [0.5, 0.6) is 0 Å². The fourth-order valence-electron chi connectivity index (χ4n) is 4.20. The molecule has 3 aliphatic rings. The fourth-order valence-corrected chi connectivity index (χ4v) is 4.45. The Labute approximate surface area is 144 Å². The largest absolute Gasteiger partial charge is 0.392 e. The summed E-state index contributed by atoms with van der Waals surface area (Å²) < 4.78 is 0. The van der Waals surface area contributed by atoms with Gasteiger partial charge in [0.1, 0.15) is 6.10 Å². The molecule has 1 aliphatic heterocycles. The summed E-state index contributed by atoms with van der Waals surface area (Å²) in [7, 11) is 1.96. The van der Waals surface area contributed by atoms with Gasteiger partial charge < -0.3 is 9.74 Å². The molecular weight excluding hydrogens is 312 g/mol. The van der Waals surface area contributed by atoms with Crippen molar-refractivity contribution in [1.29, 1.82) is 0 Å². The molecule has 0 saturated heterocycles. The summed E-state index contributed by atoms with van der Waals surface area (Å²) in [5, 5.41) is 4.62. The van der Waals surface area contributed by atoms with Gasteiger partial charge in [0.2, 0.25) is 5.91 Å². The number of alkyl halides is 1.